The maximum absolute atomic E-state index is 5.54. The van der Waals surface area contributed by atoms with Crippen LogP contribution in [0.2, 0.25) is 0 Å². The van der Waals surface area contributed by atoms with Gasteiger partial charge in [0.05, 0.1) is 11.0 Å². The van der Waals surface area contributed by atoms with Crippen molar-refractivity contribution in [1.82, 2.24) is 20.2 Å². The van der Waals surface area contributed by atoms with Crippen LogP contribution in [0.5, 0.6) is 0 Å². The number of para-hydroxylation sites is 2. The number of fused-ring (bicyclic) bond motifs is 1. The number of benzene rings is 1. The minimum Gasteiger partial charge on any atom is -0.382 e. The summed E-state index contributed by atoms with van der Waals surface area (Å²) in [7, 11) is 0. The molecule has 0 saturated carbocycles. The Morgan fingerprint density at radius 2 is 2.06 bits per heavy atom. The molecule has 0 aliphatic rings. The van der Waals surface area contributed by atoms with Gasteiger partial charge in [-0.15, -0.1) is 0 Å². The van der Waals surface area contributed by atoms with Gasteiger partial charge in [0.1, 0.15) is 11.6 Å². The standard InChI is InChI=1S/C12H13N5/c13-11-7-8(16-17-11)5-6-12-14-9-3-1-2-4-10(9)15-12/h1-4,7H,5-6H2,(H,14,15)(H3,13,16,17). The van der Waals surface area contributed by atoms with Crippen LogP contribution in [0.4, 0.5) is 5.82 Å². The van der Waals surface area contributed by atoms with Crippen LogP contribution >= 0.6 is 0 Å². The fourth-order valence-corrected chi connectivity index (χ4v) is 1.88. The molecule has 1 aromatic carbocycles. The lowest BCUT2D eigenvalue weighted by molar-refractivity contribution is 0.850. The number of hydrogen-bond acceptors (Lipinski definition) is 3. The Labute approximate surface area is 98.1 Å². The van der Waals surface area contributed by atoms with Gasteiger partial charge in [-0.05, 0) is 18.6 Å². The molecule has 2 heterocycles. The summed E-state index contributed by atoms with van der Waals surface area (Å²) in [6, 6.07) is 9.87. The average molecular weight is 227 g/mol. The topological polar surface area (TPSA) is 83.4 Å². The molecule has 5 heteroatoms. The van der Waals surface area contributed by atoms with Gasteiger partial charge in [0.25, 0.3) is 0 Å². The summed E-state index contributed by atoms with van der Waals surface area (Å²) in [6.45, 7) is 0. The Hall–Kier alpha value is -2.30. The highest BCUT2D eigenvalue weighted by Gasteiger charge is 2.03. The minimum absolute atomic E-state index is 0.532. The SMILES string of the molecule is Nc1cc(CCc2nc3ccccc3[nH]2)[nH]n1. The molecule has 0 aliphatic carbocycles. The van der Waals surface area contributed by atoms with Gasteiger partial charge in [0.2, 0.25) is 0 Å². The van der Waals surface area contributed by atoms with Crippen molar-refractivity contribution in [2.75, 3.05) is 5.73 Å². The normalized spacial score (nSPS) is 11.1. The molecule has 0 atom stereocenters. The lowest BCUT2D eigenvalue weighted by Crippen LogP contribution is -1.93. The molecule has 86 valence electrons. The van der Waals surface area contributed by atoms with E-state index < -0.39 is 0 Å². The Balaban J connectivity index is 1.76. The molecule has 17 heavy (non-hydrogen) atoms. The van der Waals surface area contributed by atoms with E-state index in [1.54, 1.807) is 0 Å². The third-order valence-corrected chi connectivity index (χ3v) is 2.72. The number of anilines is 1. The van der Waals surface area contributed by atoms with Gasteiger partial charge in [0, 0.05) is 18.2 Å². The molecule has 3 aromatic rings. The smallest absolute Gasteiger partial charge is 0.145 e. The quantitative estimate of drug-likeness (QED) is 0.636. The zero-order chi connectivity index (χ0) is 11.7. The van der Waals surface area contributed by atoms with Crippen molar-refractivity contribution in [1.29, 1.82) is 0 Å². The average Bonchev–Trinajstić information content (AvgIpc) is 2.91. The number of aromatic nitrogens is 4. The second-order valence-electron chi connectivity index (χ2n) is 4.02. The first-order chi connectivity index (χ1) is 8.31. The fourth-order valence-electron chi connectivity index (χ4n) is 1.88. The van der Waals surface area contributed by atoms with Crippen LogP contribution in [0.25, 0.3) is 11.0 Å². The number of H-pyrrole nitrogens is 2. The largest absolute Gasteiger partial charge is 0.382 e. The molecule has 2 aromatic heterocycles. The summed E-state index contributed by atoms with van der Waals surface area (Å²) in [6.07, 6.45) is 1.69. The van der Waals surface area contributed by atoms with Crippen molar-refractivity contribution in [3.63, 3.8) is 0 Å². The van der Waals surface area contributed by atoms with Gasteiger partial charge in [-0.25, -0.2) is 4.98 Å². The first kappa shape index (κ1) is 9.89. The number of hydrogen-bond donors (Lipinski definition) is 3. The number of nitrogens with one attached hydrogen (secondary N) is 2. The molecule has 0 saturated heterocycles. The Morgan fingerprint density at radius 1 is 1.18 bits per heavy atom. The molecule has 0 amide bonds. The van der Waals surface area contributed by atoms with Crippen molar-refractivity contribution < 1.29 is 0 Å². The summed E-state index contributed by atoms with van der Waals surface area (Å²) in [5.74, 6) is 1.52. The van der Waals surface area contributed by atoms with Crippen LogP contribution in [0.15, 0.2) is 30.3 Å². The summed E-state index contributed by atoms with van der Waals surface area (Å²) >= 11 is 0. The summed E-state index contributed by atoms with van der Waals surface area (Å²) in [5.41, 5.74) is 8.66. The van der Waals surface area contributed by atoms with Crippen LogP contribution < -0.4 is 5.73 Å². The number of aryl methyl sites for hydroxylation is 2. The van der Waals surface area contributed by atoms with E-state index in [9.17, 15) is 0 Å². The van der Waals surface area contributed by atoms with E-state index in [0.717, 1.165) is 35.4 Å². The lowest BCUT2D eigenvalue weighted by atomic mass is 10.2. The van der Waals surface area contributed by atoms with E-state index in [2.05, 4.69) is 20.2 Å². The van der Waals surface area contributed by atoms with Gasteiger partial charge in [-0.1, -0.05) is 12.1 Å². The van der Waals surface area contributed by atoms with E-state index >= 15 is 0 Å². The predicted molar refractivity (Wildman–Crippen MR) is 66.5 cm³/mol. The van der Waals surface area contributed by atoms with Crippen molar-refractivity contribution in [2.24, 2.45) is 0 Å². The number of rotatable bonds is 3. The first-order valence-electron chi connectivity index (χ1n) is 5.54. The highest BCUT2D eigenvalue weighted by molar-refractivity contribution is 5.74. The molecule has 4 N–H and O–H groups in total. The van der Waals surface area contributed by atoms with E-state index in [1.807, 2.05) is 30.3 Å². The first-order valence-corrected chi connectivity index (χ1v) is 5.54. The highest BCUT2D eigenvalue weighted by Crippen LogP contribution is 2.12. The summed E-state index contributed by atoms with van der Waals surface area (Å²) in [4.78, 5) is 7.81. The van der Waals surface area contributed by atoms with E-state index in [0.29, 0.717) is 5.82 Å². The van der Waals surface area contributed by atoms with E-state index in [1.165, 1.54) is 0 Å². The Morgan fingerprint density at radius 3 is 2.82 bits per heavy atom. The van der Waals surface area contributed by atoms with Crippen molar-refractivity contribution in [2.45, 2.75) is 12.8 Å². The Bertz CT molecular complexity index is 604. The van der Waals surface area contributed by atoms with Crippen molar-refractivity contribution in [3.8, 4) is 0 Å². The van der Waals surface area contributed by atoms with Gasteiger partial charge in [-0.3, -0.25) is 5.10 Å². The van der Waals surface area contributed by atoms with Crippen LogP contribution in [0, 0.1) is 0 Å². The fraction of sp³-hybridized carbons (Fsp3) is 0.167. The van der Waals surface area contributed by atoms with Crippen LogP contribution in [0.1, 0.15) is 11.5 Å². The monoisotopic (exact) mass is 227 g/mol. The van der Waals surface area contributed by atoms with Crippen LogP contribution in [-0.4, -0.2) is 20.2 Å². The lowest BCUT2D eigenvalue weighted by Gasteiger charge is -1.93. The van der Waals surface area contributed by atoms with Gasteiger partial charge >= 0.3 is 0 Å². The van der Waals surface area contributed by atoms with Crippen molar-refractivity contribution in [3.05, 3.63) is 41.9 Å². The summed E-state index contributed by atoms with van der Waals surface area (Å²) in [5, 5.41) is 6.79. The van der Waals surface area contributed by atoms with Crippen LogP contribution in [-0.2, 0) is 12.8 Å². The van der Waals surface area contributed by atoms with E-state index in [4.69, 9.17) is 5.73 Å². The maximum atomic E-state index is 5.54. The third-order valence-electron chi connectivity index (χ3n) is 2.72. The molecular formula is C12H13N5. The van der Waals surface area contributed by atoms with Gasteiger partial charge < -0.3 is 10.7 Å². The molecule has 0 bridgehead atoms. The minimum atomic E-state index is 0.532. The molecule has 0 unspecified atom stereocenters. The predicted octanol–water partition coefficient (Wildman–Crippen LogP) is 1.65. The number of aromatic amines is 2. The molecule has 5 nitrogen and oxygen atoms in total. The molecule has 3 rings (SSSR count). The number of nitrogens with zero attached hydrogens (tertiary/aromatic N) is 2. The highest BCUT2D eigenvalue weighted by atomic mass is 15.2. The number of nitrogens with two attached hydrogens (primary N) is 1. The maximum Gasteiger partial charge on any atom is 0.145 e. The zero-order valence-electron chi connectivity index (χ0n) is 9.27. The second kappa shape index (κ2) is 3.93. The van der Waals surface area contributed by atoms with Crippen molar-refractivity contribution >= 4 is 16.9 Å². The number of imidazole rings is 1. The van der Waals surface area contributed by atoms with E-state index in [-0.39, 0.29) is 0 Å². The number of nitrogen functional groups attached to an aromatic ring is 1. The van der Waals surface area contributed by atoms with Crippen LogP contribution in [0.3, 0.4) is 0 Å². The second-order valence-corrected chi connectivity index (χ2v) is 4.02. The molecule has 0 fully saturated rings. The molecule has 0 spiro atoms. The molecule has 0 aliphatic heterocycles. The zero-order valence-corrected chi connectivity index (χ0v) is 9.27. The summed E-state index contributed by atoms with van der Waals surface area (Å²) < 4.78 is 0. The van der Waals surface area contributed by atoms with Gasteiger partial charge in [0.15, 0.2) is 0 Å². The molecule has 0 radical (unpaired) electrons. The third kappa shape index (κ3) is 1.99. The Kier molecular flexibility index (Phi) is 2.29. The van der Waals surface area contributed by atoms with Gasteiger partial charge in [-0.2, -0.15) is 5.10 Å². The molecular weight excluding hydrogens is 214 g/mol.